The van der Waals surface area contributed by atoms with Gasteiger partial charge in [0.15, 0.2) is 0 Å². The molecule has 44 heavy (non-hydrogen) atoms. The van der Waals surface area contributed by atoms with Crippen LogP contribution in [0, 0.1) is 0 Å². The summed E-state index contributed by atoms with van der Waals surface area (Å²) in [6, 6.07) is 51.8. The minimum atomic E-state index is 1.07. The first kappa shape index (κ1) is 26.5. The number of rotatable bonds is 7. The molecule has 0 atom stereocenters. The van der Waals surface area contributed by atoms with Crippen LogP contribution in [0.1, 0.15) is 0 Å². The van der Waals surface area contributed by atoms with Crippen LogP contribution in [0.2, 0.25) is 0 Å². The average molecular weight is 601 g/mol. The Morgan fingerprint density at radius 1 is 0.318 bits per heavy atom. The monoisotopic (exact) mass is 600 g/mol. The first-order valence-corrected chi connectivity index (χ1v) is 16.4. The molecule has 2 aromatic heterocycles. The Balaban J connectivity index is 0.911. The molecule has 8 rings (SSSR count). The Bertz CT molecular complexity index is 2030. The molecule has 0 spiro atoms. The van der Waals surface area contributed by atoms with Gasteiger partial charge in [0.05, 0.1) is 0 Å². The molecule has 4 heteroatoms. The molecule has 0 aliphatic heterocycles. The van der Waals surface area contributed by atoms with Crippen LogP contribution in [0.4, 0.5) is 22.7 Å². The van der Waals surface area contributed by atoms with Gasteiger partial charge in [0.2, 0.25) is 0 Å². The molecule has 0 bridgehead atoms. The fourth-order valence-electron chi connectivity index (χ4n) is 5.69. The summed E-state index contributed by atoms with van der Waals surface area (Å²) in [5, 5.41) is 14.2. The average Bonchev–Trinajstić information content (AvgIpc) is 3.71. The second-order valence-electron chi connectivity index (χ2n) is 10.9. The predicted octanol–water partition coefficient (Wildman–Crippen LogP) is 12.6. The summed E-state index contributed by atoms with van der Waals surface area (Å²) in [6.07, 6.45) is 0. The zero-order valence-electron chi connectivity index (χ0n) is 23.8. The summed E-state index contributed by atoms with van der Waals surface area (Å²) < 4.78 is 2.65. The molecule has 0 fully saturated rings. The summed E-state index contributed by atoms with van der Waals surface area (Å²) in [5.41, 5.74) is 11.7. The zero-order chi connectivity index (χ0) is 29.3. The molecule has 0 aliphatic carbocycles. The predicted molar refractivity (Wildman–Crippen MR) is 193 cm³/mol. The topological polar surface area (TPSA) is 24.1 Å². The molecule has 2 heterocycles. The van der Waals surface area contributed by atoms with Crippen molar-refractivity contribution in [2.45, 2.75) is 0 Å². The van der Waals surface area contributed by atoms with Gasteiger partial charge in [0.25, 0.3) is 0 Å². The van der Waals surface area contributed by atoms with E-state index in [4.69, 9.17) is 0 Å². The van der Waals surface area contributed by atoms with Crippen LogP contribution in [0.3, 0.4) is 0 Å². The van der Waals surface area contributed by atoms with Gasteiger partial charge < -0.3 is 10.6 Å². The minimum Gasteiger partial charge on any atom is -0.356 e. The third kappa shape index (κ3) is 5.26. The summed E-state index contributed by atoms with van der Waals surface area (Å²) in [5.74, 6) is 0. The van der Waals surface area contributed by atoms with Crippen molar-refractivity contribution < 1.29 is 0 Å². The standard InChI is InChI=1S/C40H28N2S2/c1-3-7-39-35(5-1)37(25-43-39)29-13-21-33(22-14-29)41-31-17-9-27(10-18-31)28-11-19-32(20-12-28)42-34-23-15-30(16-24-34)38-26-44-40-8-4-2-6-36(38)40/h1-26,41-42H. The molecule has 0 amide bonds. The summed E-state index contributed by atoms with van der Waals surface area (Å²) in [7, 11) is 0. The number of anilines is 4. The van der Waals surface area contributed by atoms with Crippen LogP contribution in [0.25, 0.3) is 53.6 Å². The first-order chi connectivity index (χ1) is 21.8. The minimum absolute atomic E-state index is 1.07. The van der Waals surface area contributed by atoms with Gasteiger partial charge in [0, 0.05) is 54.0 Å². The van der Waals surface area contributed by atoms with Gasteiger partial charge in [-0.1, -0.05) is 84.9 Å². The number of fused-ring (bicyclic) bond motifs is 2. The van der Waals surface area contributed by atoms with Gasteiger partial charge in [-0.15, -0.1) is 22.7 Å². The van der Waals surface area contributed by atoms with Crippen molar-refractivity contribution in [3.63, 3.8) is 0 Å². The van der Waals surface area contributed by atoms with Crippen molar-refractivity contribution in [3.8, 4) is 33.4 Å². The quantitative estimate of drug-likeness (QED) is 0.190. The van der Waals surface area contributed by atoms with Crippen LogP contribution >= 0.6 is 22.7 Å². The highest BCUT2D eigenvalue weighted by molar-refractivity contribution is 7.18. The Labute approximate surface area is 264 Å². The highest BCUT2D eigenvalue weighted by Gasteiger charge is 2.08. The zero-order valence-corrected chi connectivity index (χ0v) is 25.5. The van der Waals surface area contributed by atoms with Gasteiger partial charge in [-0.25, -0.2) is 0 Å². The van der Waals surface area contributed by atoms with Gasteiger partial charge in [-0.3, -0.25) is 0 Å². The SMILES string of the molecule is c1ccc2c(-c3ccc(Nc4ccc(-c5ccc(Nc6ccc(-c7csc8ccccc78)cc6)cc5)cc4)cc3)csc2c1. The van der Waals surface area contributed by atoms with Gasteiger partial charge in [-0.2, -0.15) is 0 Å². The van der Waals surface area contributed by atoms with E-state index in [1.807, 2.05) is 0 Å². The molecule has 8 aromatic rings. The van der Waals surface area contributed by atoms with Crippen LogP contribution in [-0.4, -0.2) is 0 Å². The molecule has 0 unspecified atom stereocenters. The molecule has 0 saturated carbocycles. The normalized spacial score (nSPS) is 11.2. The molecule has 210 valence electrons. The van der Waals surface area contributed by atoms with E-state index >= 15 is 0 Å². The third-order valence-corrected chi connectivity index (χ3v) is 9.96. The number of hydrogen-bond acceptors (Lipinski definition) is 4. The molecule has 0 aliphatic rings. The van der Waals surface area contributed by atoms with Gasteiger partial charge >= 0.3 is 0 Å². The maximum atomic E-state index is 3.54. The van der Waals surface area contributed by atoms with Crippen molar-refractivity contribution in [1.29, 1.82) is 0 Å². The lowest BCUT2D eigenvalue weighted by molar-refractivity contribution is 1.52. The Morgan fingerprint density at radius 2 is 0.636 bits per heavy atom. The lowest BCUT2D eigenvalue weighted by atomic mass is 10.0. The van der Waals surface area contributed by atoms with E-state index < -0.39 is 0 Å². The van der Waals surface area contributed by atoms with E-state index in [9.17, 15) is 0 Å². The molecule has 0 radical (unpaired) electrons. The fraction of sp³-hybridized carbons (Fsp3) is 0. The Kier molecular flexibility index (Phi) is 6.91. The Morgan fingerprint density at radius 3 is 1.00 bits per heavy atom. The maximum absolute atomic E-state index is 3.54. The van der Waals surface area contributed by atoms with Crippen LogP contribution in [0.5, 0.6) is 0 Å². The molecular weight excluding hydrogens is 573 g/mol. The van der Waals surface area contributed by atoms with E-state index in [2.05, 4.69) is 167 Å². The number of hydrogen-bond donors (Lipinski definition) is 2. The summed E-state index contributed by atoms with van der Waals surface area (Å²) >= 11 is 3.59. The maximum Gasteiger partial charge on any atom is 0.0384 e. The lowest BCUT2D eigenvalue weighted by Crippen LogP contribution is -1.91. The third-order valence-electron chi connectivity index (χ3n) is 8.03. The highest BCUT2D eigenvalue weighted by atomic mass is 32.1. The van der Waals surface area contributed by atoms with Crippen molar-refractivity contribution in [3.05, 3.63) is 156 Å². The van der Waals surface area contributed by atoms with Crippen molar-refractivity contribution in [2.24, 2.45) is 0 Å². The number of nitrogens with one attached hydrogen (secondary N) is 2. The number of benzene rings is 6. The fourth-order valence-corrected chi connectivity index (χ4v) is 7.63. The van der Waals surface area contributed by atoms with Crippen LogP contribution < -0.4 is 10.6 Å². The second kappa shape index (κ2) is 11.5. The lowest BCUT2D eigenvalue weighted by Gasteiger charge is -2.10. The number of thiophene rings is 2. The highest BCUT2D eigenvalue weighted by Crippen LogP contribution is 2.36. The van der Waals surface area contributed by atoms with Gasteiger partial charge in [-0.05, 0) is 93.7 Å². The molecular formula is C40H28N2S2. The van der Waals surface area contributed by atoms with E-state index in [1.165, 1.54) is 53.6 Å². The van der Waals surface area contributed by atoms with Gasteiger partial charge in [0.1, 0.15) is 0 Å². The van der Waals surface area contributed by atoms with Crippen molar-refractivity contribution in [2.75, 3.05) is 10.6 Å². The van der Waals surface area contributed by atoms with E-state index in [1.54, 1.807) is 22.7 Å². The van der Waals surface area contributed by atoms with Crippen molar-refractivity contribution >= 4 is 65.6 Å². The molecule has 6 aromatic carbocycles. The molecule has 2 N–H and O–H groups in total. The smallest absolute Gasteiger partial charge is 0.0384 e. The summed E-state index contributed by atoms with van der Waals surface area (Å²) in [6.45, 7) is 0. The van der Waals surface area contributed by atoms with Crippen molar-refractivity contribution in [1.82, 2.24) is 0 Å². The van der Waals surface area contributed by atoms with E-state index in [0.717, 1.165) is 22.7 Å². The van der Waals surface area contributed by atoms with E-state index in [0.29, 0.717) is 0 Å². The van der Waals surface area contributed by atoms with E-state index in [-0.39, 0.29) is 0 Å². The first-order valence-electron chi connectivity index (χ1n) is 14.6. The van der Waals surface area contributed by atoms with Crippen LogP contribution in [-0.2, 0) is 0 Å². The Hall–Kier alpha value is -5.16. The molecule has 0 saturated heterocycles. The molecule has 2 nitrogen and oxygen atoms in total. The summed E-state index contributed by atoms with van der Waals surface area (Å²) in [4.78, 5) is 0. The second-order valence-corrected chi connectivity index (χ2v) is 12.7. The largest absolute Gasteiger partial charge is 0.356 e. The van der Waals surface area contributed by atoms with Crippen LogP contribution in [0.15, 0.2) is 156 Å².